The first-order chi connectivity index (χ1) is 13.3. The average Bonchev–Trinajstić information content (AvgIpc) is 2.65. The van der Waals surface area contributed by atoms with Crippen molar-refractivity contribution in [1.29, 1.82) is 0 Å². The van der Waals surface area contributed by atoms with Crippen molar-refractivity contribution in [3.63, 3.8) is 0 Å². The summed E-state index contributed by atoms with van der Waals surface area (Å²) in [5.74, 6) is 0.721. The molecule has 0 saturated carbocycles. The summed E-state index contributed by atoms with van der Waals surface area (Å²) in [6, 6.07) is 7.58. The number of hydrogen-bond acceptors (Lipinski definition) is 6. The van der Waals surface area contributed by atoms with Crippen molar-refractivity contribution in [3.05, 3.63) is 57.0 Å². The minimum atomic E-state index is -0.483. The molecule has 1 aromatic carbocycles. The molecular weight excluding hydrogens is 358 g/mol. The van der Waals surface area contributed by atoms with E-state index in [1.807, 2.05) is 24.3 Å². The van der Waals surface area contributed by atoms with Gasteiger partial charge >= 0.3 is 0 Å². The number of benzene rings is 1. The number of fused-ring (bicyclic) bond motifs is 1. The van der Waals surface area contributed by atoms with E-state index >= 15 is 0 Å². The van der Waals surface area contributed by atoms with Crippen LogP contribution in [0.1, 0.15) is 43.7 Å². The van der Waals surface area contributed by atoms with Gasteiger partial charge in [0.1, 0.15) is 11.6 Å². The summed E-state index contributed by atoms with van der Waals surface area (Å²) >= 11 is 0. The summed E-state index contributed by atoms with van der Waals surface area (Å²) in [5.41, 5.74) is 2.28. The molecule has 146 valence electrons. The minimum absolute atomic E-state index is 0.0560. The van der Waals surface area contributed by atoms with Crippen molar-refractivity contribution >= 4 is 11.6 Å². The maximum atomic E-state index is 13.1. The van der Waals surface area contributed by atoms with Crippen LogP contribution < -0.4 is 20.3 Å². The van der Waals surface area contributed by atoms with Crippen LogP contribution in [0, 0.1) is 5.41 Å². The third-order valence-corrected chi connectivity index (χ3v) is 5.34. The van der Waals surface area contributed by atoms with Crippen molar-refractivity contribution in [3.8, 4) is 11.8 Å². The number of methoxy groups -OCH3 is 2. The van der Waals surface area contributed by atoms with Gasteiger partial charge in [-0.3, -0.25) is 14.6 Å². The van der Waals surface area contributed by atoms with Gasteiger partial charge in [0.15, 0.2) is 5.78 Å². The predicted octanol–water partition coefficient (Wildman–Crippen LogP) is 2.99. The molecule has 0 bridgehead atoms. The number of aromatic nitrogens is 2. The zero-order valence-electron chi connectivity index (χ0n) is 16.4. The number of nitrogens with one attached hydrogen (secondary N) is 2. The maximum Gasteiger partial charge on any atom is 0.298 e. The molecule has 2 N–H and O–H groups in total. The molecule has 1 aliphatic carbocycles. The molecule has 7 heteroatoms. The van der Waals surface area contributed by atoms with Crippen LogP contribution in [0.2, 0.25) is 0 Å². The van der Waals surface area contributed by atoms with Crippen molar-refractivity contribution < 1.29 is 14.3 Å². The predicted molar refractivity (Wildman–Crippen MR) is 105 cm³/mol. The Morgan fingerprint density at radius 2 is 1.79 bits per heavy atom. The van der Waals surface area contributed by atoms with Crippen molar-refractivity contribution in [2.75, 3.05) is 19.5 Å². The van der Waals surface area contributed by atoms with Gasteiger partial charge in [-0.2, -0.15) is 4.98 Å². The van der Waals surface area contributed by atoms with Gasteiger partial charge < -0.3 is 14.8 Å². The summed E-state index contributed by atoms with van der Waals surface area (Å²) in [7, 11) is 3.05. The van der Waals surface area contributed by atoms with Gasteiger partial charge in [0.05, 0.1) is 19.8 Å². The van der Waals surface area contributed by atoms with Crippen molar-refractivity contribution in [1.82, 2.24) is 9.97 Å². The summed E-state index contributed by atoms with van der Waals surface area (Å²) < 4.78 is 10.4. The Hall–Kier alpha value is -3.09. The van der Waals surface area contributed by atoms with E-state index in [4.69, 9.17) is 9.47 Å². The van der Waals surface area contributed by atoms with Crippen LogP contribution in [0.5, 0.6) is 11.8 Å². The molecular formula is C21H23N3O4. The van der Waals surface area contributed by atoms with E-state index in [0.717, 1.165) is 11.3 Å². The fraction of sp³-hybridized carbons (Fsp3) is 0.381. The van der Waals surface area contributed by atoms with E-state index in [1.54, 1.807) is 7.11 Å². The summed E-state index contributed by atoms with van der Waals surface area (Å²) in [6.07, 6.45) is 1.15. The van der Waals surface area contributed by atoms with Gasteiger partial charge in [0, 0.05) is 23.6 Å². The average molecular weight is 381 g/mol. The minimum Gasteiger partial charge on any atom is -0.497 e. The van der Waals surface area contributed by atoms with Crippen LogP contribution in [0.3, 0.4) is 0 Å². The van der Waals surface area contributed by atoms with E-state index in [9.17, 15) is 9.59 Å². The lowest BCUT2D eigenvalue weighted by atomic mass is 9.69. The number of rotatable bonds is 3. The molecule has 2 heterocycles. The van der Waals surface area contributed by atoms with Gasteiger partial charge in [-0.15, -0.1) is 0 Å². The number of nitrogens with zero attached hydrogens (tertiary/aromatic N) is 1. The Kier molecular flexibility index (Phi) is 4.25. The SMILES string of the molecule is COc1ccc([C@@H]2C3=C(CC(C)(C)CC3=O)Nc3nc(OC)[nH]c(=O)c32)cc1. The monoisotopic (exact) mass is 381 g/mol. The molecule has 0 radical (unpaired) electrons. The lowest BCUT2D eigenvalue weighted by molar-refractivity contribution is -0.118. The van der Waals surface area contributed by atoms with Gasteiger partial charge in [0.2, 0.25) is 0 Å². The second-order valence-electron chi connectivity index (χ2n) is 8.00. The molecule has 2 aliphatic rings. The second kappa shape index (κ2) is 6.51. The van der Waals surface area contributed by atoms with Crippen LogP contribution in [-0.2, 0) is 4.79 Å². The van der Waals surface area contributed by atoms with Gasteiger partial charge in [-0.25, -0.2) is 0 Å². The van der Waals surface area contributed by atoms with Crippen LogP contribution in [0.25, 0.3) is 0 Å². The molecule has 4 rings (SSSR count). The lowest BCUT2D eigenvalue weighted by Crippen LogP contribution is -2.36. The van der Waals surface area contributed by atoms with Crippen LogP contribution >= 0.6 is 0 Å². The highest BCUT2D eigenvalue weighted by molar-refractivity contribution is 6.01. The number of ether oxygens (including phenoxy) is 2. The Labute approximate surface area is 162 Å². The standard InChI is InChI=1S/C21H23N3O4/c1-21(2)9-13-16(14(25)10-21)15(11-5-7-12(27-3)8-6-11)17-18(22-13)23-20(28-4)24-19(17)26/h5-8,15H,9-10H2,1-4H3,(H2,22,23,24,26)/t15-/m1/s1. The molecule has 1 aliphatic heterocycles. The Bertz CT molecular complexity index is 1030. The molecule has 2 aromatic rings. The van der Waals surface area contributed by atoms with E-state index in [-0.39, 0.29) is 22.8 Å². The molecule has 1 aromatic heterocycles. The van der Waals surface area contributed by atoms with E-state index in [2.05, 4.69) is 29.1 Å². The number of aromatic amines is 1. The Morgan fingerprint density at radius 1 is 1.07 bits per heavy atom. The summed E-state index contributed by atoms with van der Waals surface area (Å²) in [6.45, 7) is 4.14. The topological polar surface area (TPSA) is 93.3 Å². The number of hydrogen-bond donors (Lipinski definition) is 2. The second-order valence-corrected chi connectivity index (χ2v) is 8.00. The van der Waals surface area contributed by atoms with Gasteiger partial charge in [0.25, 0.3) is 11.6 Å². The van der Waals surface area contributed by atoms with E-state index < -0.39 is 5.92 Å². The first-order valence-electron chi connectivity index (χ1n) is 9.18. The molecule has 28 heavy (non-hydrogen) atoms. The number of H-pyrrole nitrogens is 1. The third-order valence-electron chi connectivity index (χ3n) is 5.34. The maximum absolute atomic E-state index is 13.1. The van der Waals surface area contributed by atoms with E-state index in [1.165, 1.54) is 7.11 Å². The van der Waals surface area contributed by atoms with Crippen molar-refractivity contribution in [2.24, 2.45) is 5.41 Å². The highest BCUT2D eigenvalue weighted by atomic mass is 16.5. The smallest absolute Gasteiger partial charge is 0.298 e. The molecule has 0 saturated heterocycles. The Balaban J connectivity index is 1.95. The molecule has 0 fully saturated rings. The number of ketones is 1. The number of carbonyl (C=O) groups is 1. The Morgan fingerprint density at radius 3 is 2.43 bits per heavy atom. The van der Waals surface area contributed by atoms with Gasteiger partial charge in [-0.05, 0) is 29.5 Å². The molecule has 0 spiro atoms. The van der Waals surface area contributed by atoms with Gasteiger partial charge in [-0.1, -0.05) is 26.0 Å². The molecule has 7 nitrogen and oxygen atoms in total. The highest BCUT2D eigenvalue weighted by Crippen LogP contribution is 2.47. The number of carbonyl (C=O) groups excluding carboxylic acids is 1. The molecule has 0 amide bonds. The lowest BCUT2D eigenvalue weighted by Gasteiger charge is -2.38. The highest BCUT2D eigenvalue weighted by Gasteiger charge is 2.42. The zero-order chi connectivity index (χ0) is 20.1. The molecule has 1 atom stereocenters. The molecule has 0 unspecified atom stereocenters. The van der Waals surface area contributed by atoms with E-state index in [0.29, 0.717) is 35.5 Å². The first kappa shape index (κ1) is 18.3. The summed E-state index contributed by atoms with van der Waals surface area (Å²) in [5, 5.41) is 3.25. The number of Topliss-reactive ketones (excluding diaryl/α,β-unsaturated/α-hetero) is 1. The fourth-order valence-corrected chi connectivity index (χ4v) is 4.12. The first-order valence-corrected chi connectivity index (χ1v) is 9.18. The third kappa shape index (κ3) is 2.96. The quantitative estimate of drug-likeness (QED) is 0.849. The number of anilines is 1. The largest absolute Gasteiger partial charge is 0.497 e. The van der Waals surface area contributed by atoms with Crippen LogP contribution in [-0.4, -0.2) is 30.0 Å². The number of allylic oxidation sites excluding steroid dienone is 2. The van der Waals surface area contributed by atoms with Crippen molar-refractivity contribution in [2.45, 2.75) is 32.6 Å². The van der Waals surface area contributed by atoms with Crippen LogP contribution in [0.15, 0.2) is 40.3 Å². The summed E-state index contributed by atoms with van der Waals surface area (Å²) in [4.78, 5) is 33.1. The fourth-order valence-electron chi connectivity index (χ4n) is 4.12. The normalized spacial score (nSPS) is 20.1. The zero-order valence-corrected chi connectivity index (χ0v) is 16.4. The van der Waals surface area contributed by atoms with Crippen LogP contribution in [0.4, 0.5) is 5.82 Å².